The average Bonchev–Trinajstić information content (AvgIpc) is 2.63. The highest BCUT2D eigenvalue weighted by molar-refractivity contribution is 6.30. The van der Waals surface area contributed by atoms with Crippen LogP contribution in [0.2, 0.25) is 5.02 Å². The third-order valence-electron chi connectivity index (χ3n) is 3.72. The molecule has 0 bridgehead atoms. The summed E-state index contributed by atoms with van der Waals surface area (Å²) in [7, 11) is 0. The van der Waals surface area contributed by atoms with Crippen LogP contribution in [0.5, 0.6) is 5.75 Å². The maximum Gasteiger partial charge on any atom is 0.123 e. The molecule has 0 atom stereocenters. The van der Waals surface area contributed by atoms with Gasteiger partial charge in [0.1, 0.15) is 18.2 Å². The van der Waals surface area contributed by atoms with Crippen LogP contribution in [0.15, 0.2) is 71.7 Å². The molecule has 0 aliphatic rings. The van der Waals surface area contributed by atoms with E-state index in [1.165, 1.54) is 12.1 Å². The van der Waals surface area contributed by atoms with Crippen LogP contribution in [-0.4, -0.2) is 6.21 Å². The van der Waals surface area contributed by atoms with Gasteiger partial charge in [-0.05, 0) is 72.1 Å². The summed E-state index contributed by atoms with van der Waals surface area (Å²) in [5.74, 6) is 0.503. The van der Waals surface area contributed by atoms with Gasteiger partial charge >= 0.3 is 0 Å². The SMILES string of the molecule is Cc1ccc(Cl)cc1N=Cc1ccc(OCc2ccc(F)cc2)cc1. The quantitative estimate of drug-likeness (QED) is 0.506. The average molecular weight is 354 g/mol. The van der Waals surface area contributed by atoms with Gasteiger partial charge < -0.3 is 4.74 Å². The van der Waals surface area contributed by atoms with Gasteiger partial charge in [-0.15, -0.1) is 0 Å². The predicted molar refractivity (Wildman–Crippen MR) is 101 cm³/mol. The predicted octanol–water partition coefficient (Wildman–Crippen LogP) is 6.12. The molecule has 25 heavy (non-hydrogen) atoms. The van der Waals surface area contributed by atoms with Crippen molar-refractivity contribution >= 4 is 23.5 Å². The fraction of sp³-hybridized carbons (Fsp3) is 0.0952. The van der Waals surface area contributed by atoms with E-state index in [9.17, 15) is 4.39 Å². The minimum Gasteiger partial charge on any atom is -0.489 e. The van der Waals surface area contributed by atoms with Crippen LogP contribution in [0.4, 0.5) is 10.1 Å². The van der Waals surface area contributed by atoms with Gasteiger partial charge in [-0.25, -0.2) is 4.39 Å². The van der Waals surface area contributed by atoms with Gasteiger partial charge in [0, 0.05) is 11.2 Å². The first kappa shape index (κ1) is 17.2. The molecule has 0 spiro atoms. The van der Waals surface area contributed by atoms with Crippen molar-refractivity contribution in [1.29, 1.82) is 0 Å². The Morgan fingerprint density at radius 3 is 2.44 bits per heavy atom. The summed E-state index contributed by atoms with van der Waals surface area (Å²) in [6, 6.07) is 19.6. The highest BCUT2D eigenvalue weighted by Gasteiger charge is 1.99. The Morgan fingerprint density at radius 1 is 1.00 bits per heavy atom. The molecule has 3 rings (SSSR count). The summed E-state index contributed by atoms with van der Waals surface area (Å²) >= 11 is 6.00. The van der Waals surface area contributed by atoms with Crippen molar-refractivity contribution in [3.8, 4) is 5.75 Å². The number of hydrogen-bond donors (Lipinski definition) is 0. The Morgan fingerprint density at radius 2 is 1.72 bits per heavy atom. The molecule has 0 radical (unpaired) electrons. The Kier molecular flexibility index (Phi) is 5.46. The lowest BCUT2D eigenvalue weighted by Crippen LogP contribution is -1.95. The number of aryl methyl sites for hydroxylation is 1. The van der Waals surface area contributed by atoms with Crippen molar-refractivity contribution in [2.45, 2.75) is 13.5 Å². The fourth-order valence-electron chi connectivity index (χ4n) is 2.26. The molecule has 3 aromatic rings. The maximum absolute atomic E-state index is 12.9. The normalized spacial score (nSPS) is 11.0. The van der Waals surface area contributed by atoms with Crippen LogP contribution < -0.4 is 4.74 Å². The first-order valence-corrected chi connectivity index (χ1v) is 8.25. The van der Waals surface area contributed by atoms with Crippen molar-refractivity contribution in [3.63, 3.8) is 0 Å². The summed E-state index contributed by atoms with van der Waals surface area (Å²) in [4.78, 5) is 4.48. The van der Waals surface area contributed by atoms with E-state index in [0.29, 0.717) is 11.6 Å². The van der Waals surface area contributed by atoms with Gasteiger partial charge in [0.05, 0.1) is 5.69 Å². The van der Waals surface area contributed by atoms with Gasteiger partial charge in [-0.3, -0.25) is 4.99 Å². The van der Waals surface area contributed by atoms with Gasteiger partial charge in [-0.1, -0.05) is 29.8 Å². The first-order chi connectivity index (χ1) is 12.1. The van der Waals surface area contributed by atoms with Crippen molar-refractivity contribution in [3.05, 3.63) is 94.3 Å². The second-order valence-electron chi connectivity index (χ2n) is 5.67. The molecule has 3 aromatic carbocycles. The molecule has 2 nitrogen and oxygen atoms in total. The van der Waals surface area contributed by atoms with Gasteiger partial charge in [0.15, 0.2) is 0 Å². The standard InChI is InChI=1S/C21H17ClFNO/c1-15-2-7-18(22)12-21(15)24-13-16-5-10-20(11-6-16)25-14-17-3-8-19(23)9-4-17/h2-13H,14H2,1H3. The highest BCUT2D eigenvalue weighted by atomic mass is 35.5. The van der Waals surface area contributed by atoms with E-state index in [1.54, 1.807) is 18.3 Å². The first-order valence-electron chi connectivity index (χ1n) is 7.88. The molecular formula is C21H17ClFNO. The Labute approximate surface area is 151 Å². The summed E-state index contributed by atoms with van der Waals surface area (Å²) in [6.07, 6.45) is 1.79. The molecule has 0 N–H and O–H groups in total. The number of benzene rings is 3. The summed E-state index contributed by atoms with van der Waals surface area (Å²) in [6.45, 7) is 2.39. The zero-order chi connectivity index (χ0) is 17.6. The van der Waals surface area contributed by atoms with E-state index in [0.717, 1.165) is 28.1 Å². The van der Waals surface area contributed by atoms with Crippen molar-refractivity contribution < 1.29 is 9.13 Å². The van der Waals surface area contributed by atoms with E-state index in [-0.39, 0.29) is 5.82 Å². The Hall–Kier alpha value is -2.65. The number of ether oxygens (including phenoxy) is 1. The highest BCUT2D eigenvalue weighted by Crippen LogP contribution is 2.23. The van der Waals surface area contributed by atoms with Crippen LogP contribution in [0.1, 0.15) is 16.7 Å². The minimum atomic E-state index is -0.248. The number of halogens is 2. The van der Waals surface area contributed by atoms with Crippen molar-refractivity contribution in [2.24, 2.45) is 4.99 Å². The minimum absolute atomic E-state index is 0.248. The van der Waals surface area contributed by atoms with E-state index >= 15 is 0 Å². The molecule has 0 aliphatic heterocycles. The second-order valence-corrected chi connectivity index (χ2v) is 6.11. The summed E-state index contributed by atoms with van der Waals surface area (Å²) in [5, 5.41) is 0.669. The van der Waals surface area contributed by atoms with Gasteiger partial charge in [-0.2, -0.15) is 0 Å². The fourth-order valence-corrected chi connectivity index (χ4v) is 2.43. The summed E-state index contributed by atoms with van der Waals surface area (Å²) < 4.78 is 18.6. The molecule has 0 unspecified atom stereocenters. The van der Waals surface area contributed by atoms with Crippen LogP contribution in [0.25, 0.3) is 0 Å². The lowest BCUT2D eigenvalue weighted by Gasteiger charge is -2.06. The number of aliphatic imine (C=N–C) groups is 1. The maximum atomic E-state index is 12.9. The largest absolute Gasteiger partial charge is 0.489 e. The number of hydrogen-bond acceptors (Lipinski definition) is 2. The third kappa shape index (κ3) is 4.91. The van der Waals surface area contributed by atoms with E-state index in [1.807, 2.05) is 49.4 Å². The molecular weight excluding hydrogens is 337 g/mol. The van der Waals surface area contributed by atoms with Gasteiger partial charge in [0.25, 0.3) is 0 Å². The zero-order valence-corrected chi connectivity index (χ0v) is 14.5. The topological polar surface area (TPSA) is 21.6 Å². The monoisotopic (exact) mass is 353 g/mol. The molecule has 0 saturated carbocycles. The smallest absolute Gasteiger partial charge is 0.123 e. The number of rotatable bonds is 5. The van der Waals surface area contributed by atoms with Crippen LogP contribution in [0, 0.1) is 12.7 Å². The van der Waals surface area contributed by atoms with E-state index < -0.39 is 0 Å². The molecule has 0 aliphatic carbocycles. The molecule has 0 fully saturated rings. The van der Waals surface area contributed by atoms with E-state index in [2.05, 4.69) is 4.99 Å². The van der Waals surface area contributed by atoms with Crippen molar-refractivity contribution in [2.75, 3.05) is 0 Å². The molecule has 0 aromatic heterocycles. The zero-order valence-electron chi connectivity index (χ0n) is 13.7. The second kappa shape index (κ2) is 7.95. The van der Waals surface area contributed by atoms with Crippen molar-refractivity contribution in [1.82, 2.24) is 0 Å². The lowest BCUT2D eigenvalue weighted by atomic mass is 10.2. The van der Waals surface area contributed by atoms with Crippen LogP contribution in [-0.2, 0) is 6.61 Å². The molecule has 4 heteroatoms. The Balaban J connectivity index is 1.62. The molecule has 0 heterocycles. The van der Waals surface area contributed by atoms with Crippen LogP contribution >= 0.6 is 11.6 Å². The molecule has 126 valence electrons. The van der Waals surface area contributed by atoms with E-state index in [4.69, 9.17) is 16.3 Å². The molecule has 0 amide bonds. The van der Waals surface area contributed by atoms with Gasteiger partial charge in [0.2, 0.25) is 0 Å². The number of nitrogens with zero attached hydrogens (tertiary/aromatic N) is 1. The summed E-state index contributed by atoms with van der Waals surface area (Å²) in [5.41, 5.74) is 3.81. The Bertz CT molecular complexity index is 873. The molecule has 0 saturated heterocycles. The third-order valence-corrected chi connectivity index (χ3v) is 3.96. The lowest BCUT2D eigenvalue weighted by molar-refractivity contribution is 0.306. The van der Waals surface area contributed by atoms with Crippen LogP contribution in [0.3, 0.4) is 0 Å².